The number of alkyl halides is 3. The van der Waals surface area contributed by atoms with Gasteiger partial charge in [-0.25, -0.2) is 4.79 Å². The lowest BCUT2D eigenvalue weighted by Gasteiger charge is -2.18. The topological polar surface area (TPSA) is 54.4 Å². The van der Waals surface area contributed by atoms with Crippen molar-refractivity contribution < 1.29 is 27.9 Å². The van der Waals surface area contributed by atoms with E-state index in [2.05, 4.69) is 0 Å². The molecule has 0 fully saturated rings. The molecule has 6 heteroatoms. The quantitative estimate of drug-likeness (QED) is 0.798. The van der Waals surface area contributed by atoms with Gasteiger partial charge in [0.1, 0.15) is 0 Å². The largest absolute Gasteiger partial charge is 0.478 e. The second-order valence-electron chi connectivity index (χ2n) is 4.21. The van der Waals surface area contributed by atoms with Crippen molar-refractivity contribution in [2.24, 2.45) is 0 Å². The highest BCUT2D eigenvalue weighted by Crippen LogP contribution is 2.33. The molecule has 0 amide bonds. The summed E-state index contributed by atoms with van der Waals surface area (Å²) in [5, 5.41) is 8.61. The number of carboxylic acids is 1. The maximum atomic E-state index is 12.6. The van der Waals surface area contributed by atoms with Crippen LogP contribution in [0.2, 0.25) is 0 Å². The summed E-state index contributed by atoms with van der Waals surface area (Å²) in [5.74, 6) is -1.92. The third-order valence-electron chi connectivity index (χ3n) is 2.93. The summed E-state index contributed by atoms with van der Waals surface area (Å²) >= 11 is 0. The number of Topliss-reactive ketones (excluding diaryl/α,β-unsaturated/α-hetero) is 1. The molecular formula is C13H9F3O3. The summed E-state index contributed by atoms with van der Waals surface area (Å²) < 4.78 is 37.7. The lowest BCUT2D eigenvalue weighted by Crippen LogP contribution is -2.17. The monoisotopic (exact) mass is 270 g/mol. The normalized spacial score (nSPS) is 17.4. The molecule has 0 atom stereocenters. The van der Waals surface area contributed by atoms with E-state index in [9.17, 15) is 22.8 Å². The van der Waals surface area contributed by atoms with Crippen LogP contribution in [0.3, 0.4) is 0 Å². The fourth-order valence-corrected chi connectivity index (χ4v) is 2.02. The zero-order valence-electron chi connectivity index (χ0n) is 9.62. The Labute approximate surface area is 106 Å². The molecule has 0 radical (unpaired) electrons. The van der Waals surface area contributed by atoms with E-state index in [1.807, 2.05) is 0 Å². The van der Waals surface area contributed by atoms with Crippen LogP contribution >= 0.6 is 0 Å². The van der Waals surface area contributed by atoms with E-state index in [1.54, 1.807) is 0 Å². The molecule has 19 heavy (non-hydrogen) atoms. The standard InChI is InChI=1S/C13H9F3O3/c14-13(15,16)9-4-3-7-1-2-8(5-11(17)18)12(19)10(7)6-9/h3-6H,1-2H2,(H,17,18). The van der Waals surface area contributed by atoms with Gasteiger partial charge in [-0.2, -0.15) is 13.2 Å². The smallest absolute Gasteiger partial charge is 0.416 e. The van der Waals surface area contributed by atoms with Crippen LogP contribution in [0.25, 0.3) is 0 Å². The molecule has 0 saturated heterocycles. The van der Waals surface area contributed by atoms with Crippen LogP contribution in [0.4, 0.5) is 13.2 Å². The fraction of sp³-hybridized carbons (Fsp3) is 0.231. The molecule has 1 aliphatic rings. The van der Waals surface area contributed by atoms with Gasteiger partial charge in [-0.1, -0.05) is 6.07 Å². The molecule has 1 aromatic rings. The van der Waals surface area contributed by atoms with Crippen LogP contribution in [-0.4, -0.2) is 16.9 Å². The minimum absolute atomic E-state index is 0.0272. The number of benzene rings is 1. The lowest BCUT2D eigenvalue weighted by molar-refractivity contribution is -0.137. The molecule has 3 nitrogen and oxygen atoms in total. The van der Waals surface area contributed by atoms with Crippen molar-refractivity contribution in [1.82, 2.24) is 0 Å². The first kappa shape index (κ1) is 13.3. The van der Waals surface area contributed by atoms with E-state index >= 15 is 0 Å². The van der Waals surface area contributed by atoms with Gasteiger partial charge in [-0.15, -0.1) is 0 Å². The number of halogens is 3. The van der Waals surface area contributed by atoms with Gasteiger partial charge in [-0.05, 0) is 30.5 Å². The van der Waals surface area contributed by atoms with E-state index in [1.165, 1.54) is 6.07 Å². The van der Waals surface area contributed by atoms with Crippen LogP contribution in [-0.2, 0) is 17.4 Å². The first-order valence-electron chi connectivity index (χ1n) is 5.47. The molecular weight excluding hydrogens is 261 g/mol. The first-order valence-corrected chi connectivity index (χ1v) is 5.47. The molecule has 0 spiro atoms. The number of allylic oxidation sites excluding steroid dienone is 1. The summed E-state index contributed by atoms with van der Waals surface area (Å²) in [4.78, 5) is 22.5. The van der Waals surface area contributed by atoms with E-state index in [-0.39, 0.29) is 17.6 Å². The van der Waals surface area contributed by atoms with Gasteiger partial charge < -0.3 is 5.11 Å². The van der Waals surface area contributed by atoms with Gasteiger partial charge in [-0.3, -0.25) is 4.79 Å². The predicted molar refractivity (Wildman–Crippen MR) is 59.8 cm³/mol. The highest BCUT2D eigenvalue weighted by Gasteiger charge is 2.33. The predicted octanol–water partition coefficient (Wildman–Crippen LogP) is 2.85. The van der Waals surface area contributed by atoms with Crippen LogP contribution in [0.5, 0.6) is 0 Å². The van der Waals surface area contributed by atoms with Crippen LogP contribution in [0.15, 0.2) is 29.8 Å². The molecule has 0 unspecified atom stereocenters. The number of carboxylic acid groups (broad SMARTS) is 1. The summed E-state index contributed by atoms with van der Waals surface area (Å²) in [7, 11) is 0. The lowest BCUT2D eigenvalue weighted by atomic mass is 9.85. The van der Waals surface area contributed by atoms with Crippen molar-refractivity contribution in [2.45, 2.75) is 19.0 Å². The fourth-order valence-electron chi connectivity index (χ4n) is 2.02. The zero-order valence-corrected chi connectivity index (χ0v) is 9.62. The van der Waals surface area contributed by atoms with Crippen molar-refractivity contribution in [1.29, 1.82) is 0 Å². The number of aliphatic carboxylic acids is 1. The molecule has 100 valence electrons. The second kappa shape index (κ2) is 4.53. The highest BCUT2D eigenvalue weighted by atomic mass is 19.4. The van der Waals surface area contributed by atoms with Gasteiger partial charge in [0.2, 0.25) is 0 Å². The number of carbonyl (C=O) groups is 2. The minimum Gasteiger partial charge on any atom is -0.478 e. The Balaban J connectivity index is 2.47. The van der Waals surface area contributed by atoms with Crippen molar-refractivity contribution in [3.05, 3.63) is 46.5 Å². The molecule has 0 bridgehead atoms. The van der Waals surface area contributed by atoms with Crippen molar-refractivity contribution in [3.63, 3.8) is 0 Å². The van der Waals surface area contributed by atoms with E-state index < -0.39 is 23.5 Å². The number of fused-ring (bicyclic) bond motifs is 1. The Bertz CT molecular complexity index is 585. The Morgan fingerprint density at radius 2 is 1.95 bits per heavy atom. The number of hydrogen-bond donors (Lipinski definition) is 1. The maximum Gasteiger partial charge on any atom is 0.416 e. The minimum atomic E-state index is -4.52. The maximum absolute atomic E-state index is 12.6. The SMILES string of the molecule is O=C(O)C=C1CCc2ccc(C(F)(F)F)cc2C1=O. The Hall–Kier alpha value is -2.11. The van der Waals surface area contributed by atoms with Gasteiger partial charge in [0.05, 0.1) is 5.56 Å². The average molecular weight is 270 g/mol. The first-order chi connectivity index (χ1) is 8.79. The van der Waals surface area contributed by atoms with Crippen molar-refractivity contribution in [3.8, 4) is 0 Å². The molecule has 2 rings (SSSR count). The highest BCUT2D eigenvalue weighted by molar-refractivity contribution is 6.12. The van der Waals surface area contributed by atoms with Crippen LogP contribution in [0, 0.1) is 0 Å². The van der Waals surface area contributed by atoms with E-state index in [0.717, 1.165) is 18.2 Å². The van der Waals surface area contributed by atoms with E-state index in [4.69, 9.17) is 5.11 Å². The van der Waals surface area contributed by atoms with Gasteiger partial charge in [0.15, 0.2) is 5.78 Å². The third kappa shape index (κ3) is 2.67. The number of rotatable bonds is 1. The summed E-state index contributed by atoms with van der Waals surface area (Å²) in [5.41, 5.74) is -0.426. The van der Waals surface area contributed by atoms with Crippen molar-refractivity contribution >= 4 is 11.8 Å². The molecule has 1 N–H and O–H groups in total. The zero-order chi connectivity index (χ0) is 14.2. The molecule has 1 aliphatic carbocycles. The number of aryl methyl sites for hydroxylation is 1. The summed E-state index contributed by atoms with van der Waals surface area (Å²) in [6.07, 6.45) is -3.18. The second-order valence-corrected chi connectivity index (χ2v) is 4.21. The number of carbonyl (C=O) groups excluding carboxylic acids is 1. The molecule has 0 heterocycles. The molecule has 0 saturated carbocycles. The van der Waals surface area contributed by atoms with Crippen LogP contribution < -0.4 is 0 Å². The Morgan fingerprint density at radius 3 is 2.53 bits per heavy atom. The summed E-state index contributed by atoms with van der Waals surface area (Å²) in [6.45, 7) is 0. The van der Waals surface area contributed by atoms with Gasteiger partial charge in [0, 0.05) is 17.2 Å². The van der Waals surface area contributed by atoms with Gasteiger partial charge >= 0.3 is 12.1 Å². The third-order valence-corrected chi connectivity index (χ3v) is 2.93. The molecule has 0 aromatic heterocycles. The Morgan fingerprint density at radius 1 is 1.26 bits per heavy atom. The number of ketones is 1. The average Bonchev–Trinajstić information content (AvgIpc) is 2.31. The number of hydrogen-bond acceptors (Lipinski definition) is 2. The van der Waals surface area contributed by atoms with Crippen LogP contribution in [0.1, 0.15) is 27.9 Å². The van der Waals surface area contributed by atoms with Crippen molar-refractivity contribution in [2.75, 3.05) is 0 Å². The van der Waals surface area contributed by atoms with E-state index in [0.29, 0.717) is 12.0 Å². The Kier molecular flexibility index (Phi) is 3.18. The summed E-state index contributed by atoms with van der Waals surface area (Å²) in [6, 6.07) is 2.98. The molecule has 1 aromatic carbocycles. The molecule has 0 aliphatic heterocycles. The van der Waals surface area contributed by atoms with Gasteiger partial charge in [0.25, 0.3) is 0 Å².